The number of nitrogens with zero attached hydrogens (tertiary/aromatic N) is 2. The van der Waals surface area contributed by atoms with E-state index in [0.717, 1.165) is 52.4 Å². The molecule has 0 radical (unpaired) electrons. The number of rotatable bonds is 5. The zero-order valence-corrected chi connectivity index (χ0v) is 17.3. The lowest BCUT2D eigenvalue weighted by molar-refractivity contribution is -0.115. The molecule has 5 rings (SSSR count). The Bertz CT molecular complexity index is 1040. The second-order valence-corrected chi connectivity index (χ2v) is 9.34. The minimum absolute atomic E-state index is 0.115. The van der Waals surface area contributed by atoms with Gasteiger partial charge < -0.3 is 9.73 Å². The van der Waals surface area contributed by atoms with Crippen LogP contribution in [0.1, 0.15) is 42.8 Å². The van der Waals surface area contributed by atoms with Crippen LogP contribution in [0.15, 0.2) is 22.6 Å². The molecule has 3 atom stereocenters. The summed E-state index contributed by atoms with van der Waals surface area (Å²) < 4.78 is 10.1. The van der Waals surface area contributed by atoms with Gasteiger partial charge in [-0.25, -0.2) is 4.98 Å². The minimum Gasteiger partial charge on any atom is -0.441 e. The number of fused-ring (bicyclic) bond motifs is 3. The zero-order chi connectivity index (χ0) is 19.3. The molecule has 7 heteroatoms. The molecule has 3 unspecified atom stereocenters. The molecular weight excluding hydrogens is 394 g/mol. The Morgan fingerprint density at radius 2 is 2.25 bits per heavy atom. The summed E-state index contributed by atoms with van der Waals surface area (Å²) in [5.41, 5.74) is 3.26. The molecule has 2 fully saturated rings. The van der Waals surface area contributed by atoms with Crippen LogP contribution >= 0.6 is 23.1 Å². The number of hydrogen-bond acceptors (Lipinski definition) is 5. The van der Waals surface area contributed by atoms with E-state index in [1.54, 1.807) is 0 Å². The first-order chi connectivity index (χ1) is 13.5. The number of anilines is 1. The number of benzene rings is 1. The van der Waals surface area contributed by atoms with Crippen molar-refractivity contribution in [3.05, 3.63) is 40.4 Å². The van der Waals surface area contributed by atoms with Crippen molar-refractivity contribution in [2.24, 2.45) is 17.8 Å². The van der Waals surface area contributed by atoms with Crippen LogP contribution in [0.3, 0.4) is 0 Å². The number of amides is 1. The van der Waals surface area contributed by atoms with Gasteiger partial charge in [0.05, 0.1) is 17.1 Å². The average molecular weight is 416 g/mol. The molecule has 1 amide bonds. The highest BCUT2D eigenvalue weighted by Gasteiger charge is 2.39. The Hall–Kier alpha value is -1.92. The van der Waals surface area contributed by atoms with Gasteiger partial charge in [-0.3, -0.25) is 4.79 Å². The maximum absolute atomic E-state index is 12.4. The highest BCUT2D eigenvalue weighted by Crippen LogP contribution is 2.49. The van der Waals surface area contributed by atoms with E-state index in [1.807, 2.05) is 25.1 Å². The molecule has 2 aliphatic rings. The predicted molar refractivity (Wildman–Crippen MR) is 111 cm³/mol. The van der Waals surface area contributed by atoms with Crippen molar-refractivity contribution in [1.29, 1.82) is 0 Å². The third-order valence-electron chi connectivity index (χ3n) is 6.23. The third-order valence-corrected chi connectivity index (χ3v) is 7.65. The topological polar surface area (TPSA) is 68.0 Å². The summed E-state index contributed by atoms with van der Waals surface area (Å²) in [5.74, 6) is 3.24. The van der Waals surface area contributed by atoms with E-state index in [-0.39, 0.29) is 12.3 Å². The number of nitrogens with one attached hydrogen (secondary N) is 1. The molecule has 0 spiro atoms. The van der Waals surface area contributed by atoms with Gasteiger partial charge in [0.1, 0.15) is 10.5 Å². The summed E-state index contributed by atoms with van der Waals surface area (Å²) in [6, 6.07) is 5.79. The molecule has 2 aliphatic carbocycles. The normalized spacial score (nSPS) is 23.6. The van der Waals surface area contributed by atoms with Crippen molar-refractivity contribution in [3.8, 4) is 0 Å². The van der Waals surface area contributed by atoms with Gasteiger partial charge in [0, 0.05) is 6.42 Å². The summed E-state index contributed by atoms with van der Waals surface area (Å²) in [4.78, 5) is 17.1. The lowest BCUT2D eigenvalue weighted by Gasteiger charge is -2.19. The molecule has 2 aromatic heterocycles. The molecule has 28 heavy (non-hydrogen) atoms. The van der Waals surface area contributed by atoms with Crippen LogP contribution < -0.4 is 5.32 Å². The van der Waals surface area contributed by atoms with Gasteiger partial charge in [-0.05, 0) is 73.2 Å². The van der Waals surface area contributed by atoms with Gasteiger partial charge in [0.25, 0.3) is 0 Å². The molecule has 1 aromatic carbocycles. The molecule has 5 nitrogen and oxygen atoms in total. The smallest absolute Gasteiger partial charge is 0.229 e. The van der Waals surface area contributed by atoms with Crippen molar-refractivity contribution in [1.82, 2.24) is 9.36 Å². The summed E-state index contributed by atoms with van der Waals surface area (Å²) in [7, 11) is 0. The Balaban J connectivity index is 1.27. The van der Waals surface area contributed by atoms with E-state index < -0.39 is 0 Å². The largest absolute Gasteiger partial charge is 0.441 e. The number of carbonyl (C=O) groups is 1. The highest BCUT2D eigenvalue weighted by molar-refractivity contribution is 7.11. The van der Waals surface area contributed by atoms with E-state index in [0.29, 0.717) is 10.0 Å². The van der Waals surface area contributed by atoms with Crippen LogP contribution in [0.5, 0.6) is 0 Å². The van der Waals surface area contributed by atoms with Gasteiger partial charge in [-0.15, -0.1) is 0 Å². The fourth-order valence-electron chi connectivity index (χ4n) is 4.86. The summed E-state index contributed by atoms with van der Waals surface area (Å²) >= 11 is 7.34. The van der Waals surface area contributed by atoms with Crippen molar-refractivity contribution >= 4 is 45.1 Å². The van der Waals surface area contributed by atoms with Gasteiger partial charge in [-0.2, -0.15) is 4.37 Å². The quantitative estimate of drug-likeness (QED) is 0.605. The lowest BCUT2D eigenvalue weighted by atomic mass is 9.86. The maximum Gasteiger partial charge on any atom is 0.229 e. The Kier molecular flexibility index (Phi) is 4.63. The third kappa shape index (κ3) is 3.44. The van der Waals surface area contributed by atoms with E-state index in [9.17, 15) is 4.79 Å². The lowest BCUT2D eigenvalue weighted by Crippen LogP contribution is -2.13. The molecule has 2 saturated carbocycles. The van der Waals surface area contributed by atoms with Gasteiger partial charge in [-0.1, -0.05) is 24.1 Å². The SMILES string of the molecule is Cc1nsc(NC(=O)Cc2ccc3oc(CC4CC5CCC4C5)nc3c2)c1Cl. The second kappa shape index (κ2) is 7.16. The number of aryl methyl sites for hydroxylation is 1. The first-order valence-electron chi connectivity index (χ1n) is 9.85. The van der Waals surface area contributed by atoms with E-state index >= 15 is 0 Å². The molecule has 3 aromatic rings. The van der Waals surface area contributed by atoms with Gasteiger partial charge in [0.2, 0.25) is 5.91 Å². The number of hydrogen-bond donors (Lipinski definition) is 1. The zero-order valence-electron chi connectivity index (χ0n) is 15.7. The standard InChI is InChI=1S/C21H22ClN3O2S/c1-11-20(22)21(28-25-11)24-18(26)9-13-3-5-17-16(8-13)23-19(27-17)10-15-7-12-2-4-14(15)6-12/h3,5,8,12,14-15H,2,4,6-7,9-10H2,1H3,(H,24,26). The van der Waals surface area contributed by atoms with Gasteiger partial charge >= 0.3 is 0 Å². The Morgan fingerprint density at radius 3 is 2.96 bits per heavy atom. The monoisotopic (exact) mass is 415 g/mol. The maximum atomic E-state index is 12.4. The molecule has 0 saturated heterocycles. The van der Waals surface area contributed by atoms with Crippen LogP contribution in [0.4, 0.5) is 5.00 Å². The van der Waals surface area contributed by atoms with E-state index in [1.165, 1.54) is 37.2 Å². The van der Waals surface area contributed by atoms with Crippen molar-refractivity contribution in [2.75, 3.05) is 5.32 Å². The summed E-state index contributed by atoms with van der Waals surface area (Å²) in [6.07, 6.45) is 6.71. The highest BCUT2D eigenvalue weighted by atomic mass is 35.5. The number of aromatic nitrogens is 2. The number of carbonyl (C=O) groups excluding carboxylic acids is 1. The van der Waals surface area contributed by atoms with E-state index in [2.05, 4.69) is 9.69 Å². The fraction of sp³-hybridized carbons (Fsp3) is 0.476. The predicted octanol–water partition coefficient (Wildman–Crippen LogP) is 5.41. The van der Waals surface area contributed by atoms with Crippen LogP contribution in [-0.4, -0.2) is 15.3 Å². The number of oxazole rings is 1. The second-order valence-electron chi connectivity index (χ2n) is 8.18. The Morgan fingerprint density at radius 1 is 1.36 bits per heavy atom. The van der Waals surface area contributed by atoms with Crippen molar-refractivity contribution in [3.63, 3.8) is 0 Å². The molecule has 0 aliphatic heterocycles. The van der Waals surface area contributed by atoms with Crippen LogP contribution in [0.2, 0.25) is 5.02 Å². The fourth-order valence-corrected chi connectivity index (χ4v) is 5.81. The van der Waals surface area contributed by atoms with Crippen LogP contribution in [0.25, 0.3) is 11.1 Å². The Labute approximate surface area is 172 Å². The van der Waals surface area contributed by atoms with Crippen LogP contribution in [-0.2, 0) is 17.6 Å². The first-order valence-corrected chi connectivity index (χ1v) is 11.0. The minimum atomic E-state index is -0.115. The molecule has 146 valence electrons. The summed E-state index contributed by atoms with van der Waals surface area (Å²) in [6.45, 7) is 1.82. The van der Waals surface area contributed by atoms with Crippen molar-refractivity contribution in [2.45, 2.75) is 45.4 Å². The van der Waals surface area contributed by atoms with Gasteiger partial charge in [0.15, 0.2) is 11.5 Å². The average Bonchev–Trinajstić information content (AvgIpc) is 3.43. The number of halogens is 1. The molecule has 1 N–H and O–H groups in total. The first kappa shape index (κ1) is 18.1. The molecule has 2 bridgehead atoms. The molecular formula is C21H22ClN3O2S. The van der Waals surface area contributed by atoms with Crippen molar-refractivity contribution < 1.29 is 9.21 Å². The summed E-state index contributed by atoms with van der Waals surface area (Å²) in [5, 5.41) is 3.94. The van der Waals surface area contributed by atoms with E-state index in [4.69, 9.17) is 21.0 Å². The van der Waals surface area contributed by atoms with Crippen LogP contribution in [0, 0.1) is 24.7 Å². The molecule has 2 heterocycles.